The second kappa shape index (κ2) is 5.82. The number of benzene rings is 1. The van der Waals surface area contributed by atoms with E-state index in [0.717, 1.165) is 12.2 Å². The van der Waals surface area contributed by atoms with Crippen molar-refractivity contribution in [1.29, 1.82) is 0 Å². The van der Waals surface area contributed by atoms with Gasteiger partial charge in [0, 0.05) is 5.56 Å². The van der Waals surface area contributed by atoms with E-state index in [4.69, 9.17) is 9.47 Å². The zero-order valence-electron chi connectivity index (χ0n) is 10.9. The van der Waals surface area contributed by atoms with Gasteiger partial charge in [0.1, 0.15) is 12.4 Å². The summed E-state index contributed by atoms with van der Waals surface area (Å²) in [6.07, 6.45) is 0.878. The van der Waals surface area contributed by atoms with E-state index in [1.165, 1.54) is 0 Å². The van der Waals surface area contributed by atoms with Crippen LogP contribution in [0.5, 0.6) is 5.75 Å². The van der Waals surface area contributed by atoms with E-state index in [1.807, 2.05) is 20.8 Å². The van der Waals surface area contributed by atoms with E-state index in [0.29, 0.717) is 5.56 Å². The van der Waals surface area contributed by atoms with Gasteiger partial charge in [0.2, 0.25) is 0 Å². The normalized spacial score (nSPS) is 11.3. The van der Waals surface area contributed by atoms with Gasteiger partial charge in [-0.3, -0.25) is 4.79 Å². The second-order valence-corrected chi connectivity index (χ2v) is 4.55. The number of carbonyl (C=O) groups is 1. The molecule has 0 atom stereocenters. The highest BCUT2D eigenvalue weighted by Crippen LogP contribution is 2.15. The van der Waals surface area contributed by atoms with Gasteiger partial charge < -0.3 is 9.47 Å². The first-order valence-electron chi connectivity index (χ1n) is 5.79. The maximum absolute atomic E-state index is 11.8. The van der Waals surface area contributed by atoms with Crippen LogP contribution in [0.15, 0.2) is 24.3 Å². The lowest BCUT2D eigenvalue weighted by molar-refractivity contribution is -0.0122. The summed E-state index contributed by atoms with van der Waals surface area (Å²) in [5.41, 5.74) is 0.403. The molecule has 0 fully saturated rings. The molecule has 1 aromatic carbocycles. The van der Waals surface area contributed by atoms with Gasteiger partial charge in [-0.15, -0.1) is 0 Å². The Balaban J connectivity index is 2.58. The number of rotatable bonds is 6. The van der Waals surface area contributed by atoms with Crippen molar-refractivity contribution in [1.82, 2.24) is 0 Å². The summed E-state index contributed by atoms with van der Waals surface area (Å²) >= 11 is 0. The third-order valence-electron chi connectivity index (χ3n) is 2.86. The molecule has 0 unspecified atom stereocenters. The summed E-state index contributed by atoms with van der Waals surface area (Å²) in [7, 11) is 1.60. The van der Waals surface area contributed by atoms with E-state index in [1.54, 1.807) is 31.4 Å². The molecule has 3 heteroatoms. The highest BCUT2D eigenvalue weighted by Gasteiger charge is 2.17. The number of hydrogen-bond donors (Lipinski definition) is 0. The quantitative estimate of drug-likeness (QED) is 0.712. The number of ether oxygens (including phenoxy) is 2. The van der Waals surface area contributed by atoms with Crippen molar-refractivity contribution in [3.63, 3.8) is 0 Å². The molecule has 1 aromatic rings. The standard InChI is InChI=1S/C14H20O3/c1-5-14(2,3)17-10-13(15)11-6-8-12(16-4)9-7-11/h6-9H,5,10H2,1-4H3. The topological polar surface area (TPSA) is 35.5 Å². The van der Waals surface area contributed by atoms with E-state index >= 15 is 0 Å². The first kappa shape index (κ1) is 13.7. The molecule has 94 valence electrons. The Hall–Kier alpha value is -1.35. The average Bonchev–Trinajstić information content (AvgIpc) is 2.36. The molecule has 0 saturated carbocycles. The molecule has 3 nitrogen and oxygen atoms in total. The highest BCUT2D eigenvalue weighted by molar-refractivity contribution is 5.97. The zero-order chi connectivity index (χ0) is 12.9. The van der Waals surface area contributed by atoms with Crippen LogP contribution < -0.4 is 4.74 Å². The Morgan fingerprint density at radius 3 is 2.29 bits per heavy atom. The van der Waals surface area contributed by atoms with E-state index in [-0.39, 0.29) is 18.0 Å². The molecule has 0 aliphatic carbocycles. The summed E-state index contributed by atoms with van der Waals surface area (Å²) in [5, 5.41) is 0. The Kier molecular flexibility index (Phi) is 4.70. The van der Waals surface area contributed by atoms with Crippen LogP contribution in [-0.4, -0.2) is 25.1 Å². The predicted molar refractivity (Wildman–Crippen MR) is 67.6 cm³/mol. The molecule has 0 aliphatic rings. The minimum Gasteiger partial charge on any atom is -0.497 e. The fourth-order valence-electron chi connectivity index (χ4n) is 1.22. The first-order valence-corrected chi connectivity index (χ1v) is 5.79. The molecule has 0 radical (unpaired) electrons. The minimum atomic E-state index is -0.248. The van der Waals surface area contributed by atoms with Crippen molar-refractivity contribution >= 4 is 5.78 Å². The monoisotopic (exact) mass is 236 g/mol. The number of carbonyl (C=O) groups excluding carboxylic acids is 1. The lowest BCUT2D eigenvalue weighted by Gasteiger charge is -2.22. The van der Waals surface area contributed by atoms with Crippen molar-refractivity contribution in [3.8, 4) is 5.75 Å². The molecule has 0 amide bonds. The largest absolute Gasteiger partial charge is 0.497 e. The first-order chi connectivity index (χ1) is 7.98. The smallest absolute Gasteiger partial charge is 0.188 e. The number of hydrogen-bond acceptors (Lipinski definition) is 3. The average molecular weight is 236 g/mol. The fraction of sp³-hybridized carbons (Fsp3) is 0.500. The lowest BCUT2D eigenvalue weighted by Crippen LogP contribution is -2.26. The van der Waals surface area contributed by atoms with E-state index < -0.39 is 0 Å². The van der Waals surface area contributed by atoms with Crippen LogP contribution in [0.4, 0.5) is 0 Å². The van der Waals surface area contributed by atoms with Gasteiger partial charge in [0.05, 0.1) is 12.7 Å². The van der Waals surface area contributed by atoms with Crippen LogP contribution in [0.25, 0.3) is 0 Å². The van der Waals surface area contributed by atoms with Crippen LogP contribution in [0.3, 0.4) is 0 Å². The van der Waals surface area contributed by atoms with E-state index in [9.17, 15) is 4.79 Å². The van der Waals surface area contributed by atoms with E-state index in [2.05, 4.69) is 0 Å². The summed E-state index contributed by atoms with van der Waals surface area (Å²) in [4.78, 5) is 11.8. The summed E-state index contributed by atoms with van der Waals surface area (Å²) in [5.74, 6) is 0.741. The molecule has 0 heterocycles. The molecule has 0 saturated heterocycles. The molecular formula is C14H20O3. The maximum atomic E-state index is 11.8. The Morgan fingerprint density at radius 2 is 1.82 bits per heavy atom. The van der Waals surface area contributed by atoms with Crippen LogP contribution in [0, 0.1) is 0 Å². The number of ketones is 1. The lowest BCUT2D eigenvalue weighted by atomic mass is 10.1. The summed E-state index contributed by atoms with van der Waals surface area (Å²) < 4.78 is 10.6. The van der Waals surface area contributed by atoms with Crippen LogP contribution in [0.1, 0.15) is 37.6 Å². The van der Waals surface area contributed by atoms with Gasteiger partial charge in [0.15, 0.2) is 5.78 Å². The van der Waals surface area contributed by atoms with Crippen molar-refractivity contribution < 1.29 is 14.3 Å². The summed E-state index contributed by atoms with van der Waals surface area (Å²) in [6.45, 7) is 6.12. The molecular weight excluding hydrogens is 216 g/mol. The molecule has 0 N–H and O–H groups in total. The van der Waals surface area contributed by atoms with Gasteiger partial charge in [-0.25, -0.2) is 0 Å². The van der Waals surface area contributed by atoms with Crippen LogP contribution in [-0.2, 0) is 4.74 Å². The highest BCUT2D eigenvalue weighted by atomic mass is 16.5. The van der Waals surface area contributed by atoms with Gasteiger partial charge in [-0.05, 0) is 44.5 Å². The van der Waals surface area contributed by atoms with Gasteiger partial charge in [0.25, 0.3) is 0 Å². The van der Waals surface area contributed by atoms with Gasteiger partial charge >= 0.3 is 0 Å². The predicted octanol–water partition coefficient (Wildman–Crippen LogP) is 3.08. The molecule has 0 spiro atoms. The van der Waals surface area contributed by atoms with Crippen LogP contribution >= 0.6 is 0 Å². The Bertz CT molecular complexity index is 366. The third-order valence-corrected chi connectivity index (χ3v) is 2.86. The summed E-state index contributed by atoms with van der Waals surface area (Å²) in [6, 6.07) is 7.06. The molecule has 0 aromatic heterocycles. The molecule has 17 heavy (non-hydrogen) atoms. The zero-order valence-corrected chi connectivity index (χ0v) is 10.9. The maximum Gasteiger partial charge on any atom is 0.188 e. The molecule has 0 aliphatic heterocycles. The van der Waals surface area contributed by atoms with Crippen molar-refractivity contribution in [2.75, 3.05) is 13.7 Å². The fourth-order valence-corrected chi connectivity index (χ4v) is 1.22. The number of Topliss-reactive ketones (excluding diaryl/α,β-unsaturated/α-hetero) is 1. The SMILES string of the molecule is CCC(C)(C)OCC(=O)c1ccc(OC)cc1. The Labute approximate surface area is 103 Å². The van der Waals surface area contributed by atoms with Gasteiger partial charge in [-0.2, -0.15) is 0 Å². The Morgan fingerprint density at radius 1 is 1.24 bits per heavy atom. The third kappa shape index (κ3) is 4.19. The van der Waals surface area contributed by atoms with Gasteiger partial charge in [-0.1, -0.05) is 6.92 Å². The second-order valence-electron chi connectivity index (χ2n) is 4.55. The molecule has 1 rings (SSSR count). The number of methoxy groups -OCH3 is 1. The van der Waals surface area contributed by atoms with Crippen molar-refractivity contribution in [3.05, 3.63) is 29.8 Å². The minimum absolute atomic E-state index is 0.00539. The van der Waals surface area contributed by atoms with Crippen molar-refractivity contribution in [2.24, 2.45) is 0 Å². The van der Waals surface area contributed by atoms with Crippen molar-refractivity contribution in [2.45, 2.75) is 32.8 Å². The molecule has 0 bridgehead atoms. The van der Waals surface area contributed by atoms with Crippen LogP contribution in [0.2, 0.25) is 0 Å².